The molecule has 410 valence electrons. The molecule has 0 saturated carbocycles. The summed E-state index contributed by atoms with van der Waals surface area (Å²) in [5, 5.41) is 31.4. The molecule has 3 N–H and O–H groups in total. The standard InChI is InChI=1S/C61H94O12/c1-4-7-10-13-16-19-21-23-25-26-27-28-30-31-33-36-38-41-44-47-53(62)69-50-52(71-54(63)48-45-42-39-35-18-15-12-9-6-3)51-70-61-59(57(66)56(65)58(73-61)60(67)68)72-55(64)49-46-43-40-37-34-32-29-24-22-20-17-14-11-8-5-2/h7-8,10-11,16-17,19-20,23-25,27-29,31,33-34,37-38,41,52,56-59,61,65-66H,4-6,9,12-15,18,21-22,26,30,32,35-36,39-40,42-51H2,1-3H3,(H,67,68)/b10-7-,11-8-,19-16-,20-17-,25-23-,28-27-,29-24-,33-31-,37-34-,41-38-. The Morgan fingerprint density at radius 2 is 0.890 bits per heavy atom. The molecule has 0 spiro atoms. The van der Waals surface area contributed by atoms with Crippen LogP contribution in [0.3, 0.4) is 0 Å². The molecule has 1 aliphatic rings. The number of aliphatic hydroxyl groups is 2. The number of hydrogen-bond acceptors (Lipinski definition) is 11. The number of unbranched alkanes of at least 4 members (excludes halogenated alkanes) is 10. The van der Waals surface area contributed by atoms with Gasteiger partial charge >= 0.3 is 23.9 Å². The Morgan fingerprint density at radius 3 is 1.37 bits per heavy atom. The summed E-state index contributed by atoms with van der Waals surface area (Å²) in [4.78, 5) is 50.8. The largest absolute Gasteiger partial charge is 0.479 e. The van der Waals surface area contributed by atoms with Gasteiger partial charge < -0.3 is 39.0 Å². The fourth-order valence-electron chi connectivity index (χ4n) is 7.38. The second-order valence-corrected chi connectivity index (χ2v) is 18.1. The quantitative estimate of drug-likeness (QED) is 0.0228. The minimum absolute atomic E-state index is 0.00443. The van der Waals surface area contributed by atoms with Crippen LogP contribution in [-0.4, -0.2) is 89.2 Å². The van der Waals surface area contributed by atoms with Gasteiger partial charge in [0.05, 0.1) is 6.61 Å². The van der Waals surface area contributed by atoms with Crippen LogP contribution in [0.1, 0.15) is 188 Å². The van der Waals surface area contributed by atoms with Crippen molar-refractivity contribution in [1.29, 1.82) is 0 Å². The van der Waals surface area contributed by atoms with E-state index in [1.165, 1.54) is 25.7 Å². The van der Waals surface area contributed by atoms with Crippen molar-refractivity contribution < 1.29 is 58.2 Å². The van der Waals surface area contributed by atoms with E-state index in [1.807, 2.05) is 12.2 Å². The van der Waals surface area contributed by atoms with Crippen molar-refractivity contribution in [1.82, 2.24) is 0 Å². The van der Waals surface area contributed by atoms with Gasteiger partial charge in [-0.3, -0.25) is 14.4 Å². The lowest BCUT2D eigenvalue weighted by Gasteiger charge is -2.40. The molecular formula is C61H94O12. The van der Waals surface area contributed by atoms with Crippen LogP contribution in [0.4, 0.5) is 0 Å². The zero-order valence-electron chi connectivity index (χ0n) is 44.8. The molecule has 73 heavy (non-hydrogen) atoms. The van der Waals surface area contributed by atoms with Crippen LogP contribution in [0.25, 0.3) is 0 Å². The summed E-state index contributed by atoms with van der Waals surface area (Å²) in [6.07, 6.45) is 53.5. The number of carbonyl (C=O) groups is 4. The van der Waals surface area contributed by atoms with Crippen molar-refractivity contribution in [2.24, 2.45) is 0 Å². The van der Waals surface area contributed by atoms with E-state index >= 15 is 0 Å². The number of carboxylic acids is 1. The Labute approximate surface area is 439 Å². The second-order valence-electron chi connectivity index (χ2n) is 18.1. The van der Waals surface area contributed by atoms with E-state index < -0.39 is 67.3 Å². The van der Waals surface area contributed by atoms with E-state index in [2.05, 4.69) is 130 Å². The van der Waals surface area contributed by atoms with Crippen LogP contribution in [-0.2, 0) is 42.9 Å². The summed E-state index contributed by atoms with van der Waals surface area (Å²) in [5.74, 6) is -3.31. The molecule has 0 bridgehead atoms. The Bertz CT molecular complexity index is 1730. The molecule has 1 saturated heterocycles. The highest BCUT2D eigenvalue weighted by molar-refractivity contribution is 5.74. The fraction of sp³-hybridized carbons (Fsp3) is 0.607. The molecule has 12 heteroatoms. The zero-order valence-corrected chi connectivity index (χ0v) is 44.8. The minimum atomic E-state index is -1.93. The zero-order chi connectivity index (χ0) is 53.3. The first-order valence-corrected chi connectivity index (χ1v) is 27.5. The summed E-state index contributed by atoms with van der Waals surface area (Å²) in [6.45, 7) is 5.62. The summed E-state index contributed by atoms with van der Waals surface area (Å²) >= 11 is 0. The predicted molar refractivity (Wildman–Crippen MR) is 293 cm³/mol. The van der Waals surface area contributed by atoms with Crippen molar-refractivity contribution in [3.05, 3.63) is 122 Å². The van der Waals surface area contributed by atoms with E-state index in [0.717, 1.165) is 96.3 Å². The minimum Gasteiger partial charge on any atom is -0.479 e. The van der Waals surface area contributed by atoms with Crippen molar-refractivity contribution in [2.75, 3.05) is 13.2 Å². The predicted octanol–water partition coefficient (Wildman–Crippen LogP) is 13.7. The summed E-state index contributed by atoms with van der Waals surface area (Å²) in [5.41, 5.74) is 0. The van der Waals surface area contributed by atoms with E-state index in [-0.39, 0.29) is 25.9 Å². The van der Waals surface area contributed by atoms with Crippen LogP contribution >= 0.6 is 0 Å². The highest BCUT2D eigenvalue weighted by Crippen LogP contribution is 2.26. The van der Waals surface area contributed by atoms with Crippen molar-refractivity contribution in [3.8, 4) is 0 Å². The molecule has 6 unspecified atom stereocenters. The molecule has 1 aliphatic heterocycles. The fourth-order valence-corrected chi connectivity index (χ4v) is 7.38. The molecule has 0 aromatic rings. The number of aliphatic carboxylic acids is 1. The van der Waals surface area contributed by atoms with Gasteiger partial charge in [-0.25, -0.2) is 4.79 Å². The van der Waals surface area contributed by atoms with Gasteiger partial charge in [-0.2, -0.15) is 0 Å². The van der Waals surface area contributed by atoms with E-state index in [1.54, 1.807) is 0 Å². The number of allylic oxidation sites excluding steroid dienone is 20. The molecule has 0 aromatic heterocycles. The van der Waals surface area contributed by atoms with Gasteiger partial charge in [0.25, 0.3) is 0 Å². The summed E-state index contributed by atoms with van der Waals surface area (Å²) in [6, 6.07) is 0. The summed E-state index contributed by atoms with van der Waals surface area (Å²) < 4.78 is 28.2. The smallest absolute Gasteiger partial charge is 0.335 e. The average molecular weight is 1020 g/mol. The van der Waals surface area contributed by atoms with Gasteiger partial charge in [0.15, 0.2) is 24.6 Å². The van der Waals surface area contributed by atoms with Gasteiger partial charge in [0.2, 0.25) is 0 Å². The second kappa shape index (κ2) is 48.1. The number of carboxylic acid groups (broad SMARTS) is 1. The molecule has 6 atom stereocenters. The first-order chi connectivity index (χ1) is 35.6. The lowest BCUT2D eigenvalue weighted by molar-refractivity contribution is -0.301. The van der Waals surface area contributed by atoms with Gasteiger partial charge in [0.1, 0.15) is 18.8 Å². The van der Waals surface area contributed by atoms with Gasteiger partial charge in [-0.05, 0) is 96.3 Å². The number of rotatable bonds is 44. The van der Waals surface area contributed by atoms with Crippen LogP contribution in [0.2, 0.25) is 0 Å². The molecule has 0 aromatic carbocycles. The number of esters is 3. The highest BCUT2D eigenvalue weighted by Gasteiger charge is 2.50. The van der Waals surface area contributed by atoms with E-state index in [0.29, 0.717) is 25.7 Å². The molecular weight excluding hydrogens is 925 g/mol. The van der Waals surface area contributed by atoms with Crippen molar-refractivity contribution in [2.45, 2.75) is 225 Å². The van der Waals surface area contributed by atoms with Crippen molar-refractivity contribution in [3.63, 3.8) is 0 Å². The van der Waals surface area contributed by atoms with Gasteiger partial charge in [-0.1, -0.05) is 194 Å². The van der Waals surface area contributed by atoms with E-state index in [4.69, 9.17) is 23.7 Å². The number of ether oxygens (including phenoxy) is 5. The third-order valence-electron chi connectivity index (χ3n) is 11.5. The SMILES string of the molecule is CC/C=C\C/C=C\C/C=C\C/C=C\C/C=C\C/C=C\CCC(=O)OCC(COC1OC(C(=O)O)C(O)C(O)C1OC(=O)CCCC/C=C\C/C=C\C/C=C\C/C=C\CC)OC(=O)CCCCCCCCCCC. The molecule has 1 rings (SSSR count). The third kappa shape index (κ3) is 38.4. The molecule has 1 heterocycles. The van der Waals surface area contributed by atoms with E-state index in [9.17, 15) is 34.5 Å². The van der Waals surface area contributed by atoms with Crippen LogP contribution in [0, 0.1) is 0 Å². The Morgan fingerprint density at radius 1 is 0.466 bits per heavy atom. The topological polar surface area (TPSA) is 175 Å². The van der Waals surface area contributed by atoms with Crippen LogP contribution in [0.15, 0.2) is 122 Å². The highest BCUT2D eigenvalue weighted by atomic mass is 16.7. The first kappa shape index (κ1) is 66.1. The maximum absolute atomic E-state index is 13.0. The normalized spacial score (nSPS) is 19.3. The molecule has 1 fully saturated rings. The average Bonchev–Trinajstić information content (AvgIpc) is 3.37. The Kier molecular flexibility index (Phi) is 43.6. The maximum Gasteiger partial charge on any atom is 0.335 e. The van der Waals surface area contributed by atoms with Gasteiger partial charge in [0, 0.05) is 19.3 Å². The van der Waals surface area contributed by atoms with Crippen LogP contribution < -0.4 is 0 Å². The lowest BCUT2D eigenvalue weighted by Crippen LogP contribution is -2.61. The summed E-state index contributed by atoms with van der Waals surface area (Å²) in [7, 11) is 0. The van der Waals surface area contributed by atoms with Crippen LogP contribution in [0.5, 0.6) is 0 Å². The third-order valence-corrected chi connectivity index (χ3v) is 11.5. The molecule has 0 amide bonds. The molecule has 12 nitrogen and oxygen atoms in total. The molecule has 0 aliphatic carbocycles. The number of carbonyl (C=O) groups excluding carboxylic acids is 3. The first-order valence-electron chi connectivity index (χ1n) is 27.5. The van der Waals surface area contributed by atoms with Crippen molar-refractivity contribution >= 4 is 23.9 Å². The molecule has 0 radical (unpaired) electrons. The maximum atomic E-state index is 13.0. The number of aliphatic hydroxyl groups excluding tert-OH is 2. The monoisotopic (exact) mass is 1020 g/mol. The lowest BCUT2D eigenvalue weighted by atomic mass is 9.98. The Balaban J connectivity index is 2.75. The Hall–Kier alpha value is -4.88. The van der Waals surface area contributed by atoms with Gasteiger partial charge in [-0.15, -0.1) is 0 Å². The number of hydrogen-bond donors (Lipinski definition) is 3.